The molecule has 30 heavy (non-hydrogen) atoms. The number of carbonyl (C=O) groups is 1. The van der Waals surface area contributed by atoms with Gasteiger partial charge in [0.25, 0.3) is 5.91 Å². The Bertz CT molecular complexity index is 1020. The zero-order valence-electron chi connectivity index (χ0n) is 16.0. The van der Waals surface area contributed by atoms with E-state index in [4.69, 9.17) is 9.73 Å². The van der Waals surface area contributed by atoms with Crippen LogP contribution in [0.4, 0.5) is 8.78 Å². The fourth-order valence-corrected chi connectivity index (χ4v) is 5.04. The molecule has 4 rings (SSSR count). The number of alkyl halides is 1. The second-order valence-electron chi connectivity index (χ2n) is 7.30. The molecule has 1 fully saturated rings. The van der Waals surface area contributed by atoms with Crippen molar-refractivity contribution in [2.24, 2.45) is 10.9 Å². The average molecular weight is 427 g/mol. The van der Waals surface area contributed by atoms with Gasteiger partial charge in [-0.25, -0.2) is 13.8 Å². The number of rotatable bonds is 3. The Hall–Kier alpha value is -2.76. The molecule has 0 saturated carbocycles. The third kappa shape index (κ3) is 3.83. The number of hydrogen-bond acceptors (Lipinski definition) is 5. The minimum atomic E-state index is -1.13. The van der Waals surface area contributed by atoms with Crippen LogP contribution in [0.3, 0.4) is 0 Å². The Kier molecular flexibility index (Phi) is 5.84. The van der Waals surface area contributed by atoms with Gasteiger partial charge in [0.2, 0.25) is 0 Å². The van der Waals surface area contributed by atoms with Crippen LogP contribution >= 0.6 is 11.8 Å². The van der Waals surface area contributed by atoms with Crippen molar-refractivity contribution >= 4 is 22.8 Å². The molecule has 2 aliphatic heterocycles. The van der Waals surface area contributed by atoms with Crippen LogP contribution in [-0.2, 0) is 10.3 Å². The van der Waals surface area contributed by atoms with E-state index in [1.54, 1.807) is 24.3 Å². The van der Waals surface area contributed by atoms with Crippen LogP contribution in [0.5, 0.6) is 0 Å². The quantitative estimate of drug-likeness (QED) is 0.809. The molecule has 2 aliphatic rings. The van der Waals surface area contributed by atoms with E-state index in [-0.39, 0.29) is 24.0 Å². The molecule has 0 aliphatic carbocycles. The summed E-state index contributed by atoms with van der Waals surface area (Å²) in [6.07, 6.45) is -0.190. The number of amidine groups is 1. The number of benzene rings is 2. The molecule has 8 heteroatoms. The molecule has 0 unspecified atom stereocenters. The summed E-state index contributed by atoms with van der Waals surface area (Å²) in [6.45, 7) is -0.650. The first-order valence-corrected chi connectivity index (χ1v) is 10.5. The molecule has 154 valence electrons. The predicted octanol–water partition coefficient (Wildman–Crippen LogP) is 3.80. The molecule has 2 aromatic carbocycles. The van der Waals surface area contributed by atoms with Gasteiger partial charge in [0.1, 0.15) is 18.0 Å². The van der Waals surface area contributed by atoms with Crippen molar-refractivity contribution in [1.29, 1.82) is 5.26 Å². The first-order chi connectivity index (χ1) is 14.6. The minimum Gasteiger partial charge on any atom is -0.373 e. The lowest BCUT2D eigenvalue weighted by atomic mass is 9.74. The van der Waals surface area contributed by atoms with Gasteiger partial charge in [-0.1, -0.05) is 30.0 Å². The lowest BCUT2D eigenvalue weighted by Crippen LogP contribution is -2.51. The average Bonchev–Trinajstić information content (AvgIpc) is 2.79. The summed E-state index contributed by atoms with van der Waals surface area (Å²) in [5.74, 6) is -0.507. The number of fused-ring (bicyclic) bond motifs is 1. The number of nitrogens with zero attached hydrogens (tertiary/aromatic N) is 2. The minimum absolute atomic E-state index is 0.0245. The van der Waals surface area contributed by atoms with E-state index in [0.29, 0.717) is 28.5 Å². The fraction of sp³-hybridized carbons (Fsp3) is 0.318. The highest BCUT2D eigenvalue weighted by Crippen LogP contribution is 2.47. The molecule has 5 nitrogen and oxygen atoms in total. The van der Waals surface area contributed by atoms with Gasteiger partial charge in [-0.15, -0.1) is 0 Å². The molecule has 0 spiro atoms. The van der Waals surface area contributed by atoms with Crippen molar-refractivity contribution in [3.05, 3.63) is 71.0 Å². The molecule has 3 atom stereocenters. The zero-order chi connectivity index (χ0) is 21.1. The van der Waals surface area contributed by atoms with E-state index >= 15 is 0 Å². The molecule has 2 heterocycles. The number of thioether (sulfide) groups is 1. The van der Waals surface area contributed by atoms with E-state index < -0.39 is 24.1 Å². The number of amides is 1. The summed E-state index contributed by atoms with van der Waals surface area (Å²) in [4.78, 5) is 17.3. The summed E-state index contributed by atoms with van der Waals surface area (Å²) in [6, 6.07) is 14.8. The second kappa shape index (κ2) is 8.54. The van der Waals surface area contributed by atoms with Crippen LogP contribution in [0.2, 0.25) is 0 Å². The summed E-state index contributed by atoms with van der Waals surface area (Å²) >= 11 is 1.35. The highest BCUT2D eigenvalue weighted by molar-refractivity contribution is 8.13. The van der Waals surface area contributed by atoms with E-state index in [2.05, 4.69) is 5.32 Å². The van der Waals surface area contributed by atoms with E-state index in [0.717, 1.165) is 0 Å². The van der Waals surface area contributed by atoms with Crippen molar-refractivity contribution in [3.8, 4) is 6.07 Å². The van der Waals surface area contributed by atoms with Crippen molar-refractivity contribution in [2.75, 3.05) is 19.0 Å². The van der Waals surface area contributed by atoms with Crippen LogP contribution < -0.4 is 5.32 Å². The number of aliphatic imine (C=N–C) groups is 1. The van der Waals surface area contributed by atoms with Gasteiger partial charge < -0.3 is 10.1 Å². The van der Waals surface area contributed by atoms with Gasteiger partial charge >= 0.3 is 0 Å². The maximum atomic E-state index is 14.9. The SMILES string of the molecule is N#Cc1ccc(F)c([C@]23CO[C@@H](CF)C[C@H]2CSC(NC(=O)c2ccccc2)=N3)c1. The highest BCUT2D eigenvalue weighted by atomic mass is 32.2. The van der Waals surface area contributed by atoms with Crippen molar-refractivity contribution in [2.45, 2.75) is 18.1 Å². The van der Waals surface area contributed by atoms with E-state index in [1.807, 2.05) is 12.1 Å². The topological polar surface area (TPSA) is 74.5 Å². The number of hydrogen-bond donors (Lipinski definition) is 1. The molecular weight excluding hydrogens is 408 g/mol. The third-order valence-electron chi connectivity index (χ3n) is 5.47. The van der Waals surface area contributed by atoms with Crippen LogP contribution in [0.15, 0.2) is 53.5 Å². The first-order valence-electron chi connectivity index (χ1n) is 9.52. The third-order valence-corrected chi connectivity index (χ3v) is 6.51. The lowest BCUT2D eigenvalue weighted by Gasteiger charge is -2.46. The summed E-state index contributed by atoms with van der Waals surface area (Å²) in [7, 11) is 0. The first kappa shape index (κ1) is 20.5. The Balaban J connectivity index is 1.73. The highest BCUT2D eigenvalue weighted by Gasteiger charge is 2.49. The van der Waals surface area contributed by atoms with E-state index in [1.165, 1.54) is 30.0 Å². The van der Waals surface area contributed by atoms with Gasteiger partial charge in [-0.3, -0.25) is 4.79 Å². The van der Waals surface area contributed by atoms with Crippen molar-refractivity contribution in [3.63, 3.8) is 0 Å². The largest absolute Gasteiger partial charge is 0.373 e. The molecule has 0 bridgehead atoms. The number of halogens is 2. The smallest absolute Gasteiger partial charge is 0.257 e. The van der Waals surface area contributed by atoms with Gasteiger partial charge in [-0.2, -0.15) is 5.26 Å². The maximum Gasteiger partial charge on any atom is 0.257 e. The molecule has 0 aromatic heterocycles. The number of nitrogens with one attached hydrogen (secondary N) is 1. The summed E-state index contributed by atoms with van der Waals surface area (Å²) in [5.41, 5.74) is -0.120. The molecule has 1 amide bonds. The Morgan fingerprint density at radius 1 is 1.33 bits per heavy atom. The summed E-state index contributed by atoms with van der Waals surface area (Å²) < 4.78 is 33.8. The lowest BCUT2D eigenvalue weighted by molar-refractivity contribution is -0.0653. The number of ether oxygens (including phenoxy) is 1. The Labute approximate surface area is 177 Å². The van der Waals surface area contributed by atoms with Gasteiger partial charge in [-0.05, 0) is 36.8 Å². The fourth-order valence-electron chi connectivity index (χ4n) is 3.88. The Morgan fingerprint density at radius 2 is 2.13 bits per heavy atom. The standard InChI is InChI=1S/C22H19F2N3O2S/c23-10-17-9-16-12-30-21(26-20(28)15-4-2-1-3-5-15)27-22(16,13-29-17)18-8-14(11-25)6-7-19(18)24/h1-8,16-17H,9-10,12-13H2,(H,26,27,28)/t16-,17+,22-/m0/s1. The van der Waals surface area contributed by atoms with E-state index in [9.17, 15) is 18.8 Å². The van der Waals surface area contributed by atoms with Crippen molar-refractivity contribution < 1.29 is 18.3 Å². The molecular formula is C22H19F2N3O2S. The maximum absolute atomic E-state index is 14.9. The molecule has 0 radical (unpaired) electrons. The predicted molar refractivity (Wildman–Crippen MR) is 110 cm³/mol. The van der Waals surface area contributed by atoms with Crippen LogP contribution in [0.1, 0.15) is 27.9 Å². The Morgan fingerprint density at radius 3 is 2.87 bits per heavy atom. The van der Waals surface area contributed by atoms with Crippen LogP contribution in [0, 0.1) is 23.1 Å². The second-order valence-corrected chi connectivity index (χ2v) is 8.31. The van der Waals surface area contributed by atoms with Crippen LogP contribution in [-0.4, -0.2) is 36.2 Å². The van der Waals surface area contributed by atoms with Gasteiger partial charge in [0, 0.05) is 22.8 Å². The molecule has 1 N–H and O–H groups in total. The monoisotopic (exact) mass is 427 g/mol. The van der Waals surface area contributed by atoms with Gasteiger partial charge in [0.05, 0.1) is 24.3 Å². The van der Waals surface area contributed by atoms with Gasteiger partial charge in [0.15, 0.2) is 5.17 Å². The van der Waals surface area contributed by atoms with Crippen molar-refractivity contribution in [1.82, 2.24) is 5.32 Å². The molecule has 2 aromatic rings. The number of nitriles is 1. The van der Waals surface area contributed by atoms with Crippen LogP contribution in [0.25, 0.3) is 0 Å². The summed E-state index contributed by atoms with van der Waals surface area (Å²) in [5, 5.41) is 12.4. The normalized spacial score (nSPS) is 25.6. The number of carbonyl (C=O) groups excluding carboxylic acids is 1. The molecule has 1 saturated heterocycles. The zero-order valence-corrected chi connectivity index (χ0v) is 16.8.